The van der Waals surface area contributed by atoms with E-state index in [2.05, 4.69) is 0 Å². The van der Waals surface area contributed by atoms with Gasteiger partial charge in [-0.05, 0) is 36.4 Å². The molecule has 14 heteroatoms. The van der Waals surface area contributed by atoms with E-state index in [1.807, 2.05) is 5.32 Å². The number of fused-ring (bicyclic) bond motifs is 1. The van der Waals surface area contributed by atoms with Gasteiger partial charge in [-0.3, -0.25) is 14.6 Å². The van der Waals surface area contributed by atoms with Crippen LogP contribution >= 0.6 is 11.6 Å². The van der Waals surface area contributed by atoms with Crippen LogP contribution in [0, 0.1) is 0 Å². The number of amides is 1. The first kappa shape index (κ1) is 22.8. The molecule has 1 aliphatic rings. The van der Waals surface area contributed by atoms with Crippen molar-refractivity contribution in [3.8, 4) is 5.69 Å². The number of alkyl halides is 3. The molecule has 1 amide bonds. The third-order valence-electron chi connectivity index (χ3n) is 4.91. The van der Waals surface area contributed by atoms with Crippen molar-refractivity contribution < 1.29 is 26.4 Å². The summed E-state index contributed by atoms with van der Waals surface area (Å²) in [6.45, 7) is 0. The molecule has 33 heavy (non-hydrogen) atoms. The van der Waals surface area contributed by atoms with Crippen LogP contribution in [0.2, 0.25) is 5.02 Å². The Balaban J connectivity index is 2.03. The van der Waals surface area contributed by atoms with E-state index in [0.717, 1.165) is 12.1 Å². The van der Waals surface area contributed by atoms with Crippen LogP contribution in [0.5, 0.6) is 0 Å². The number of benzene rings is 2. The van der Waals surface area contributed by atoms with Crippen LogP contribution in [0.1, 0.15) is 5.56 Å². The lowest BCUT2D eigenvalue weighted by atomic mass is 9.93. The molecule has 0 unspecified atom stereocenters. The predicted octanol–water partition coefficient (Wildman–Crippen LogP) is 1.87. The Morgan fingerprint density at radius 3 is 2.15 bits per heavy atom. The molecule has 3 aromatic rings. The molecule has 172 valence electrons. The van der Waals surface area contributed by atoms with Crippen molar-refractivity contribution in [1.82, 2.24) is 14.3 Å². The van der Waals surface area contributed by atoms with Gasteiger partial charge in [0, 0.05) is 5.02 Å². The van der Waals surface area contributed by atoms with Crippen molar-refractivity contribution in [1.29, 1.82) is 0 Å². The fraction of sp³-hybridized carbons (Fsp3) is 0.105. The number of hydrogen-bond donors (Lipinski definition) is 3. The van der Waals surface area contributed by atoms with Gasteiger partial charge in [0.05, 0.1) is 16.1 Å². The van der Waals surface area contributed by atoms with Gasteiger partial charge in [0.2, 0.25) is 15.6 Å². The number of carbonyl (C=O) groups excluding carboxylic acids is 1. The van der Waals surface area contributed by atoms with Gasteiger partial charge in [-0.15, -0.1) is 0 Å². The van der Waals surface area contributed by atoms with Crippen LogP contribution in [0.15, 0.2) is 69.1 Å². The first-order valence-electron chi connectivity index (χ1n) is 9.01. The van der Waals surface area contributed by atoms with Gasteiger partial charge < -0.3 is 5.32 Å². The molecule has 0 saturated carbocycles. The third-order valence-corrected chi connectivity index (χ3v) is 6.63. The van der Waals surface area contributed by atoms with E-state index in [9.17, 15) is 36.0 Å². The molecule has 2 aromatic carbocycles. The SMILES string of the molecule is O=C1Nc2c(c(=O)[nH]c(=O)n2-c2ccc(Cl)cc2)[C@]1(NS(=O)(=O)c1ccccc1)C(F)(F)F. The molecular formula is C19H12ClF3N4O5S. The molecule has 0 saturated heterocycles. The highest BCUT2D eigenvalue weighted by atomic mass is 35.5. The standard InChI is InChI=1S/C19H12ClF3N4O5S/c20-10-6-8-11(9-7-10)27-14-13(15(28)25-17(27)30)18(16(29)24-14,19(21,22)23)26-33(31,32)12-4-2-1-3-5-12/h1-9,26H,(H,24,29)(H,25,28,30)/t18-/m1/s1. The smallest absolute Gasteiger partial charge is 0.309 e. The molecule has 0 spiro atoms. The van der Waals surface area contributed by atoms with Gasteiger partial charge in [-0.2, -0.15) is 17.9 Å². The summed E-state index contributed by atoms with van der Waals surface area (Å²) in [6.07, 6.45) is -5.61. The van der Waals surface area contributed by atoms with Gasteiger partial charge in [-0.25, -0.2) is 17.8 Å². The maximum Gasteiger partial charge on any atom is 0.421 e. The van der Waals surface area contributed by atoms with Crippen molar-refractivity contribution in [2.45, 2.75) is 16.6 Å². The summed E-state index contributed by atoms with van der Waals surface area (Å²) >= 11 is 5.80. The molecule has 0 bridgehead atoms. The van der Waals surface area contributed by atoms with Crippen LogP contribution in [0.4, 0.5) is 19.0 Å². The molecule has 2 heterocycles. The molecule has 1 aromatic heterocycles. The number of aromatic amines is 1. The lowest BCUT2D eigenvalue weighted by Crippen LogP contribution is -2.61. The normalized spacial score (nSPS) is 18.1. The third kappa shape index (κ3) is 3.53. The second-order valence-electron chi connectivity index (χ2n) is 6.92. The highest BCUT2D eigenvalue weighted by molar-refractivity contribution is 7.89. The number of anilines is 1. The Bertz CT molecular complexity index is 1490. The molecule has 3 N–H and O–H groups in total. The highest BCUT2D eigenvalue weighted by Gasteiger charge is 2.69. The van der Waals surface area contributed by atoms with E-state index < -0.39 is 55.2 Å². The van der Waals surface area contributed by atoms with Crippen LogP contribution in [0.25, 0.3) is 5.69 Å². The van der Waals surface area contributed by atoms with E-state index in [1.54, 1.807) is 4.98 Å². The maximum atomic E-state index is 14.4. The maximum absolute atomic E-state index is 14.4. The number of H-pyrrole nitrogens is 1. The van der Waals surface area contributed by atoms with Crippen LogP contribution in [-0.2, 0) is 20.4 Å². The fourth-order valence-electron chi connectivity index (χ4n) is 3.44. The number of sulfonamides is 1. The van der Waals surface area contributed by atoms with Crippen molar-refractivity contribution in [3.05, 3.63) is 86.0 Å². The Kier molecular flexibility index (Phi) is 5.22. The first-order chi connectivity index (χ1) is 15.4. The number of rotatable bonds is 4. The Morgan fingerprint density at radius 1 is 0.970 bits per heavy atom. The number of hydrogen-bond acceptors (Lipinski definition) is 5. The van der Waals surface area contributed by atoms with Crippen LogP contribution in [-0.4, -0.2) is 30.1 Å². The summed E-state index contributed by atoms with van der Waals surface area (Å²) in [5, 5.41) is 2.10. The number of nitrogens with zero attached hydrogens (tertiary/aromatic N) is 1. The summed E-state index contributed by atoms with van der Waals surface area (Å²) in [5.41, 5.74) is -8.13. The minimum atomic E-state index is -5.61. The summed E-state index contributed by atoms with van der Waals surface area (Å²) < 4.78 is 70.8. The van der Waals surface area contributed by atoms with E-state index in [-0.39, 0.29) is 10.7 Å². The lowest BCUT2D eigenvalue weighted by molar-refractivity contribution is -0.194. The fourth-order valence-corrected chi connectivity index (χ4v) is 4.91. The number of carbonyl (C=O) groups is 1. The van der Waals surface area contributed by atoms with Crippen molar-refractivity contribution >= 4 is 33.3 Å². The minimum absolute atomic E-state index is 0.0407. The first-order valence-corrected chi connectivity index (χ1v) is 10.9. The molecule has 0 radical (unpaired) electrons. The number of halogens is 4. The van der Waals surface area contributed by atoms with E-state index in [0.29, 0.717) is 4.57 Å². The van der Waals surface area contributed by atoms with Crippen molar-refractivity contribution in [2.24, 2.45) is 0 Å². The van der Waals surface area contributed by atoms with E-state index >= 15 is 0 Å². The second-order valence-corrected chi connectivity index (χ2v) is 9.03. The van der Waals surface area contributed by atoms with Gasteiger partial charge >= 0.3 is 11.9 Å². The Morgan fingerprint density at radius 2 is 1.58 bits per heavy atom. The molecule has 1 atom stereocenters. The summed E-state index contributed by atoms with van der Waals surface area (Å²) in [6, 6.07) is 11.2. The van der Waals surface area contributed by atoms with Gasteiger partial charge in [0.25, 0.3) is 11.5 Å². The monoisotopic (exact) mass is 500 g/mol. The van der Waals surface area contributed by atoms with Gasteiger partial charge in [0.1, 0.15) is 5.82 Å². The minimum Gasteiger partial charge on any atom is -0.309 e. The molecule has 0 aliphatic carbocycles. The largest absolute Gasteiger partial charge is 0.421 e. The van der Waals surface area contributed by atoms with Gasteiger partial charge in [-0.1, -0.05) is 29.8 Å². The topological polar surface area (TPSA) is 130 Å². The zero-order valence-corrected chi connectivity index (χ0v) is 17.7. The van der Waals surface area contributed by atoms with Crippen molar-refractivity contribution in [2.75, 3.05) is 5.32 Å². The van der Waals surface area contributed by atoms with Crippen LogP contribution < -0.4 is 21.3 Å². The van der Waals surface area contributed by atoms with Crippen molar-refractivity contribution in [3.63, 3.8) is 0 Å². The zero-order valence-electron chi connectivity index (χ0n) is 16.1. The van der Waals surface area contributed by atoms with Crippen LogP contribution in [0.3, 0.4) is 0 Å². The average Bonchev–Trinajstić information content (AvgIpc) is 3.02. The molecule has 4 rings (SSSR count). The zero-order chi connectivity index (χ0) is 24.2. The second kappa shape index (κ2) is 7.57. The predicted molar refractivity (Wildman–Crippen MR) is 111 cm³/mol. The van der Waals surface area contributed by atoms with Gasteiger partial charge in [0.15, 0.2) is 0 Å². The molecule has 1 aliphatic heterocycles. The molecular weight excluding hydrogens is 489 g/mol. The average molecular weight is 501 g/mol. The Labute approximate surface area is 187 Å². The van der Waals surface area contributed by atoms with E-state index in [4.69, 9.17) is 11.6 Å². The number of aromatic nitrogens is 2. The molecule has 0 fully saturated rings. The lowest BCUT2D eigenvalue weighted by Gasteiger charge is -2.29. The quantitative estimate of drug-likeness (QED) is 0.503. The Hall–Kier alpha value is -3.42. The number of nitrogens with one attached hydrogen (secondary N) is 3. The summed E-state index contributed by atoms with van der Waals surface area (Å²) in [7, 11) is -4.96. The molecule has 9 nitrogen and oxygen atoms in total. The van der Waals surface area contributed by atoms with E-state index in [1.165, 1.54) is 47.2 Å². The highest BCUT2D eigenvalue weighted by Crippen LogP contribution is 2.46. The summed E-state index contributed by atoms with van der Waals surface area (Å²) in [4.78, 5) is 39.0. The summed E-state index contributed by atoms with van der Waals surface area (Å²) in [5.74, 6) is -2.73.